The lowest BCUT2D eigenvalue weighted by Crippen LogP contribution is -2.25. The number of hydrogen-bond donors (Lipinski definition) is 0. The fourth-order valence-electron chi connectivity index (χ4n) is 1.83. The molecule has 4 atom stereocenters. The van der Waals surface area contributed by atoms with Crippen molar-refractivity contribution >= 4 is 20.8 Å². The first-order valence-corrected chi connectivity index (χ1v) is 8.02. The third-order valence-electron chi connectivity index (χ3n) is 3.11. The second kappa shape index (κ2) is 5.99. The molecule has 1 aliphatic heterocycles. The van der Waals surface area contributed by atoms with Gasteiger partial charge in [-0.15, -0.1) is 0 Å². The molecule has 19 heavy (non-hydrogen) atoms. The van der Waals surface area contributed by atoms with Crippen molar-refractivity contribution < 1.29 is 39.0 Å². The van der Waals surface area contributed by atoms with E-state index in [1.807, 2.05) is 0 Å². The normalized spacial score (nSPS) is 32.6. The highest BCUT2D eigenvalue weighted by Gasteiger charge is 2.39. The zero-order valence-corrected chi connectivity index (χ0v) is 11.8. The van der Waals surface area contributed by atoms with Crippen LogP contribution in [0.3, 0.4) is 0 Å². The Balaban J connectivity index is 2.56. The molecule has 1 fully saturated rings. The molecule has 0 radical (unpaired) electrons. The minimum absolute atomic E-state index is 0.190. The van der Waals surface area contributed by atoms with Crippen LogP contribution in [0.1, 0.15) is 13.8 Å². The van der Waals surface area contributed by atoms with Crippen molar-refractivity contribution in [3.05, 3.63) is 0 Å². The van der Waals surface area contributed by atoms with Crippen LogP contribution in [0.4, 0.5) is 0 Å². The zero-order valence-electron chi connectivity index (χ0n) is 10.2. The standard InChI is InChI=1S/C8H16O9S2/c1-5-6(2)8(4-16-19(12,13)14)17-7(5)3-15-18(9,10)11/h5-8H,3-4H2,1-2H3,(H,9,10,11)(H,12,13,14)/p-2. The van der Waals surface area contributed by atoms with E-state index in [1.54, 1.807) is 13.8 Å². The lowest BCUT2D eigenvalue weighted by Gasteiger charge is -2.17. The molecular weight excluding hydrogens is 304 g/mol. The fourth-order valence-corrected chi connectivity index (χ4v) is 2.43. The molecule has 0 aliphatic carbocycles. The van der Waals surface area contributed by atoms with Gasteiger partial charge in [0.15, 0.2) is 0 Å². The van der Waals surface area contributed by atoms with Crippen molar-refractivity contribution in [3.8, 4) is 0 Å². The Hall–Kier alpha value is -0.300. The highest BCUT2D eigenvalue weighted by atomic mass is 32.3. The molecule has 1 rings (SSSR count). The van der Waals surface area contributed by atoms with Crippen molar-refractivity contribution in [1.82, 2.24) is 0 Å². The zero-order chi connectivity index (χ0) is 14.8. The molecule has 0 saturated carbocycles. The molecule has 0 aromatic heterocycles. The molecule has 1 aliphatic rings. The number of rotatable bonds is 6. The van der Waals surface area contributed by atoms with Crippen LogP contribution in [0.25, 0.3) is 0 Å². The quantitative estimate of drug-likeness (QED) is 0.444. The molecule has 0 N–H and O–H groups in total. The number of hydrogen-bond acceptors (Lipinski definition) is 9. The highest BCUT2D eigenvalue weighted by molar-refractivity contribution is 7.81. The third kappa shape index (κ3) is 5.69. The molecule has 0 aromatic rings. The Morgan fingerprint density at radius 1 is 0.895 bits per heavy atom. The van der Waals surface area contributed by atoms with E-state index in [2.05, 4.69) is 8.37 Å². The predicted molar refractivity (Wildman–Crippen MR) is 58.3 cm³/mol. The molecule has 11 heteroatoms. The van der Waals surface area contributed by atoms with Crippen LogP contribution in [0.5, 0.6) is 0 Å². The van der Waals surface area contributed by atoms with Gasteiger partial charge in [-0.25, -0.2) is 16.8 Å². The predicted octanol–water partition coefficient (Wildman–Crippen LogP) is -1.02. The lowest BCUT2D eigenvalue weighted by molar-refractivity contribution is -0.0159. The van der Waals surface area contributed by atoms with Crippen LogP contribution in [-0.2, 0) is 33.9 Å². The summed E-state index contributed by atoms with van der Waals surface area (Å²) < 4.78 is 75.5. The van der Waals surface area contributed by atoms with E-state index >= 15 is 0 Å². The summed E-state index contributed by atoms with van der Waals surface area (Å²) in [6.07, 6.45) is -1.39. The average Bonchev–Trinajstić information content (AvgIpc) is 2.49. The van der Waals surface area contributed by atoms with E-state index in [1.165, 1.54) is 0 Å². The largest absolute Gasteiger partial charge is 0.726 e. The summed E-state index contributed by atoms with van der Waals surface area (Å²) in [4.78, 5) is 0. The first-order valence-electron chi connectivity index (χ1n) is 5.35. The highest BCUT2D eigenvalue weighted by Crippen LogP contribution is 2.32. The maximum Gasteiger partial charge on any atom is 0.217 e. The maximum absolute atomic E-state index is 10.3. The molecule has 1 saturated heterocycles. The van der Waals surface area contributed by atoms with E-state index in [9.17, 15) is 25.9 Å². The summed E-state index contributed by atoms with van der Waals surface area (Å²) >= 11 is 0. The van der Waals surface area contributed by atoms with Gasteiger partial charge in [0, 0.05) is 0 Å². The summed E-state index contributed by atoms with van der Waals surface area (Å²) in [7, 11) is -9.63. The Morgan fingerprint density at radius 2 is 1.21 bits per heavy atom. The monoisotopic (exact) mass is 318 g/mol. The van der Waals surface area contributed by atoms with Gasteiger partial charge in [-0.2, -0.15) is 0 Å². The van der Waals surface area contributed by atoms with Crippen molar-refractivity contribution in [2.45, 2.75) is 26.1 Å². The molecule has 0 bridgehead atoms. The van der Waals surface area contributed by atoms with Gasteiger partial charge < -0.3 is 13.8 Å². The van der Waals surface area contributed by atoms with E-state index < -0.39 is 46.2 Å². The summed E-state index contributed by atoms with van der Waals surface area (Å²) in [6, 6.07) is 0. The van der Waals surface area contributed by atoms with Gasteiger partial charge in [0.1, 0.15) is 0 Å². The first-order chi connectivity index (χ1) is 8.49. The van der Waals surface area contributed by atoms with Gasteiger partial charge in [-0.3, -0.25) is 8.37 Å². The van der Waals surface area contributed by atoms with Crippen LogP contribution in [0.2, 0.25) is 0 Å². The van der Waals surface area contributed by atoms with Gasteiger partial charge in [0.2, 0.25) is 20.8 Å². The van der Waals surface area contributed by atoms with E-state index in [0.717, 1.165) is 0 Å². The van der Waals surface area contributed by atoms with Gasteiger partial charge >= 0.3 is 0 Å². The van der Waals surface area contributed by atoms with Crippen LogP contribution < -0.4 is 0 Å². The van der Waals surface area contributed by atoms with Crippen LogP contribution in [-0.4, -0.2) is 51.4 Å². The minimum atomic E-state index is -4.81. The van der Waals surface area contributed by atoms with Crippen molar-refractivity contribution in [1.29, 1.82) is 0 Å². The molecule has 0 amide bonds. The second-order valence-electron chi connectivity index (χ2n) is 4.32. The average molecular weight is 318 g/mol. The van der Waals surface area contributed by atoms with Crippen molar-refractivity contribution in [2.75, 3.05) is 13.2 Å². The molecule has 114 valence electrons. The smallest absolute Gasteiger partial charge is 0.217 e. The van der Waals surface area contributed by atoms with Gasteiger partial charge in [-0.1, -0.05) is 13.8 Å². The fraction of sp³-hybridized carbons (Fsp3) is 1.00. The summed E-state index contributed by atoms with van der Waals surface area (Å²) in [6.45, 7) is 2.53. The maximum atomic E-state index is 10.3. The molecule has 9 nitrogen and oxygen atoms in total. The Labute approximate surface area is 111 Å². The van der Waals surface area contributed by atoms with Crippen LogP contribution in [0.15, 0.2) is 0 Å². The molecular formula is C8H14O9S2-2. The van der Waals surface area contributed by atoms with Gasteiger partial charge in [0.05, 0.1) is 25.4 Å². The first kappa shape index (κ1) is 16.8. The van der Waals surface area contributed by atoms with Crippen LogP contribution in [0, 0.1) is 11.8 Å². The Bertz CT molecular complexity index is 450. The van der Waals surface area contributed by atoms with E-state index in [-0.39, 0.29) is 11.8 Å². The molecule has 4 unspecified atom stereocenters. The van der Waals surface area contributed by atoms with E-state index in [0.29, 0.717) is 0 Å². The molecule has 0 spiro atoms. The molecule has 1 heterocycles. The molecule has 0 aromatic carbocycles. The van der Waals surface area contributed by atoms with Crippen LogP contribution >= 0.6 is 0 Å². The van der Waals surface area contributed by atoms with Crippen molar-refractivity contribution in [3.63, 3.8) is 0 Å². The number of ether oxygens (including phenoxy) is 1. The summed E-state index contributed by atoms with van der Waals surface area (Å²) in [5, 5.41) is 0. The second-order valence-corrected chi connectivity index (χ2v) is 6.42. The van der Waals surface area contributed by atoms with Gasteiger partial charge in [-0.05, 0) is 11.8 Å². The summed E-state index contributed by atoms with van der Waals surface area (Å²) in [5.74, 6) is -0.380. The lowest BCUT2D eigenvalue weighted by atomic mass is 9.91. The minimum Gasteiger partial charge on any atom is -0.726 e. The SMILES string of the molecule is CC1C(COS(=O)(=O)[O-])OC(COS(=O)(=O)[O-])C1C. The van der Waals surface area contributed by atoms with E-state index in [4.69, 9.17) is 4.74 Å². The third-order valence-corrected chi connectivity index (χ3v) is 3.95. The Kier molecular flexibility index (Phi) is 5.28. The topological polar surface area (TPSA) is 142 Å². The summed E-state index contributed by atoms with van der Waals surface area (Å²) in [5.41, 5.74) is 0. The Morgan fingerprint density at radius 3 is 1.47 bits per heavy atom. The van der Waals surface area contributed by atoms with Gasteiger partial charge in [0.25, 0.3) is 0 Å². The van der Waals surface area contributed by atoms with Crippen molar-refractivity contribution in [2.24, 2.45) is 11.8 Å².